The topological polar surface area (TPSA) is 136 Å². The Morgan fingerprint density at radius 3 is 2.79 bits per heavy atom. The molecule has 2 atom stereocenters. The van der Waals surface area contributed by atoms with Crippen molar-refractivity contribution in [2.75, 3.05) is 26.4 Å². The van der Waals surface area contributed by atoms with Crippen LogP contribution in [0.15, 0.2) is 14.5 Å². The number of aliphatic hydroxyl groups is 1. The SMILES string of the molecule is CCNC1CC(COCCCO)S(=O)(=O)c2sc(S(N)(=O)=O)cc21. The second kappa shape index (κ2) is 7.77. The first-order chi connectivity index (χ1) is 11.2. The molecule has 0 spiro atoms. The molecule has 2 heterocycles. The minimum atomic E-state index is -3.96. The smallest absolute Gasteiger partial charge is 0.247 e. The van der Waals surface area contributed by atoms with Crippen molar-refractivity contribution in [3.8, 4) is 0 Å². The molecular formula is C13H22N2O6S3. The highest BCUT2D eigenvalue weighted by Crippen LogP contribution is 2.42. The summed E-state index contributed by atoms with van der Waals surface area (Å²) in [7, 11) is -7.65. The summed E-state index contributed by atoms with van der Waals surface area (Å²) in [6.45, 7) is 2.76. The predicted octanol–water partition coefficient (Wildman–Crippen LogP) is -0.00890. The molecule has 138 valence electrons. The molecule has 11 heteroatoms. The zero-order chi connectivity index (χ0) is 18.0. The van der Waals surface area contributed by atoms with Gasteiger partial charge in [-0.25, -0.2) is 22.0 Å². The molecule has 4 N–H and O–H groups in total. The van der Waals surface area contributed by atoms with Crippen LogP contribution in [-0.2, 0) is 24.6 Å². The normalized spacial score (nSPS) is 23.1. The van der Waals surface area contributed by atoms with Crippen LogP contribution in [0.5, 0.6) is 0 Å². The lowest BCUT2D eigenvalue weighted by molar-refractivity contribution is 0.112. The fourth-order valence-electron chi connectivity index (χ4n) is 2.62. The van der Waals surface area contributed by atoms with E-state index in [2.05, 4.69) is 5.32 Å². The van der Waals surface area contributed by atoms with Gasteiger partial charge in [0, 0.05) is 24.8 Å². The van der Waals surface area contributed by atoms with E-state index in [0.29, 0.717) is 36.3 Å². The van der Waals surface area contributed by atoms with E-state index in [-0.39, 0.29) is 34.3 Å². The van der Waals surface area contributed by atoms with Crippen LogP contribution < -0.4 is 10.5 Å². The van der Waals surface area contributed by atoms with Crippen molar-refractivity contribution in [3.05, 3.63) is 11.6 Å². The highest BCUT2D eigenvalue weighted by Gasteiger charge is 2.41. The van der Waals surface area contributed by atoms with Gasteiger partial charge < -0.3 is 15.2 Å². The maximum atomic E-state index is 12.8. The van der Waals surface area contributed by atoms with Gasteiger partial charge in [0.2, 0.25) is 10.0 Å². The minimum Gasteiger partial charge on any atom is -0.396 e. The van der Waals surface area contributed by atoms with Crippen LogP contribution in [0.2, 0.25) is 0 Å². The third kappa shape index (κ3) is 4.15. The number of rotatable bonds is 8. The first kappa shape index (κ1) is 19.8. The zero-order valence-corrected chi connectivity index (χ0v) is 15.7. The Morgan fingerprint density at radius 2 is 2.21 bits per heavy atom. The molecule has 0 aliphatic carbocycles. The van der Waals surface area contributed by atoms with Crippen LogP contribution in [0.3, 0.4) is 0 Å². The number of sulfonamides is 1. The summed E-state index contributed by atoms with van der Waals surface area (Å²) in [6.07, 6.45) is 0.728. The summed E-state index contributed by atoms with van der Waals surface area (Å²) in [5.74, 6) is 0. The molecule has 2 unspecified atom stereocenters. The lowest BCUT2D eigenvalue weighted by Crippen LogP contribution is -2.37. The van der Waals surface area contributed by atoms with E-state index in [1.807, 2.05) is 6.92 Å². The Morgan fingerprint density at radius 1 is 1.50 bits per heavy atom. The molecule has 0 aromatic carbocycles. The monoisotopic (exact) mass is 398 g/mol. The van der Waals surface area contributed by atoms with E-state index in [0.717, 1.165) is 0 Å². The molecule has 0 fully saturated rings. The maximum Gasteiger partial charge on any atom is 0.247 e. The average molecular weight is 399 g/mol. The first-order valence-electron chi connectivity index (χ1n) is 7.54. The number of aliphatic hydroxyl groups excluding tert-OH is 1. The number of hydrogen-bond acceptors (Lipinski definition) is 8. The molecule has 0 saturated heterocycles. The number of hydrogen-bond donors (Lipinski definition) is 3. The van der Waals surface area contributed by atoms with Crippen molar-refractivity contribution in [1.82, 2.24) is 5.32 Å². The highest BCUT2D eigenvalue weighted by molar-refractivity contribution is 7.95. The Labute approximate surface area is 146 Å². The molecule has 0 bridgehead atoms. The molecule has 1 aromatic rings. The second-order valence-electron chi connectivity index (χ2n) is 5.52. The van der Waals surface area contributed by atoms with E-state index < -0.39 is 25.1 Å². The van der Waals surface area contributed by atoms with E-state index >= 15 is 0 Å². The fourth-order valence-corrected chi connectivity index (χ4v) is 7.17. The van der Waals surface area contributed by atoms with Crippen molar-refractivity contribution in [2.24, 2.45) is 5.14 Å². The second-order valence-corrected chi connectivity index (χ2v) is 10.8. The van der Waals surface area contributed by atoms with Crippen LogP contribution >= 0.6 is 11.3 Å². The summed E-state index contributed by atoms with van der Waals surface area (Å²) in [5, 5.41) is 16.3. The lowest BCUT2D eigenvalue weighted by atomic mass is 10.0. The molecule has 1 aliphatic heterocycles. The molecule has 1 aromatic heterocycles. The van der Waals surface area contributed by atoms with Gasteiger partial charge in [0.1, 0.15) is 8.42 Å². The van der Waals surface area contributed by atoms with Gasteiger partial charge in [-0.05, 0) is 25.5 Å². The lowest BCUT2D eigenvalue weighted by Gasteiger charge is -2.29. The van der Waals surface area contributed by atoms with Crippen LogP contribution in [0.4, 0.5) is 0 Å². The Balaban J connectivity index is 2.36. The summed E-state index contributed by atoms with van der Waals surface area (Å²) >= 11 is 0.690. The molecule has 2 rings (SSSR count). The zero-order valence-electron chi connectivity index (χ0n) is 13.3. The van der Waals surface area contributed by atoms with Gasteiger partial charge in [-0.3, -0.25) is 0 Å². The molecule has 24 heavy (non-hydrogen) atoms. The van der Waals surface area contributed by atoms with Crippen LogP contribution in [0, 0.1) is 0 Å². The van der Waals surface area contributed by atoms with Gasteiger partial charge in [0.05, 0.1) is 11.9 Å². The fraction of sp³-hybridized carbons (Fsp3) is 0.692. The summed E-state index contributed by atoms with van der Waals surface area (Å²) in [5.41, 5.74) is 0.456. The van der Waals surface area contributed by atoms with Gasteiger partial charge >= 0.3 is 0 Å². The number of nitrogens with two attached hydrogens (primary N) is 1. The molecule has 1 aliphatic rings. The van der Waals surface area contributed by atoms with E-state index in [1.165, 1.54) is 6.07 Å². The quantitative estimate of drug-likeness (QED) is 0.524. The van der Waals surface area contributed by atoms with Crippen LogP contribution in [-0.4, -0.2) is 53.6 Å². The van der Waals surface area contributed by atoms with E-state index in [4.69, 9.17) is 15.0 Å². The van der Waals surface area contributed by atoms with Gasteiger partial charge in [-0.1, -0.05) is 6.92 Å². The van der Waals surface area contributed by atoms with Crippen LogP contribution in [0.1, 0.15) is 31.4 Å². The molecule has 8 nitrogen and oxygen atoms in total. The third-order valence-corrected chi connectivity index (χ3v) is 9.03. The molecule has 0 amide bonds. The highest BCUT2D eigenvalue weighted by atomic mass is 32.3. The number of nitrogens with one attached hydrogen (secondary N) is 1. The number of sulfone groups is 1. The Hall–Kier alpha value is -0.560. The maximum absolute atomic E-state index is 12.8. The predicted molar refractivity (Wildman–Crippen MR) is 90.2 cm³/mol. The van der Waals surface area contributed by atoms with Gasteiger partial charge in [-0.15, -0.1) is 11.3 Å². The first-order valence-corrected chi connectivity index (χ1v) is 11.4. The molecule has 0 radical (unpaired) electrons. The summed E-state index contributed by atoms with van der Waals surface area (Å²) in [4.78, 5) is 0. The van der Waals surface area contributed by atoms with E-state index in [9.17, 15) is 16.8 Å². The van der Waals surface area contributed by atoms with Gasteiger partial charge in [0.15, 0.2) is 9.84 Å². The number of ether oxygens (including phenoxy) is 1. The number of fused-ring (bicyclic) bond motifs is 1. The van der Waals surface area contributed by atoms with E-state index in [1.54, 1.807) is 0 Å². The Kier molecular flexibility index (Phi) is 6.40. The van der Waals surface area contributed by atoms with Gasteiger partial charge in [-0.2, -0.15) is 0 Å². The van der Waals surface area contributed by atoms with Crippen molar-refractivity contribution >= 4 is 31.2 Å². The third-order valence-electron chi connectivity index (χ3n) is 3.76. The molecular weight excluding hydrogens is 376 g/mol. The standard InChI is InChI=1S/C13H22N2O6S3/c1-2-15-11-6-9(8-21-5-3-4-16)23(17,18)13-10(11)7-12(22-13)24(14,19)20/h7,9,11,15-16H,2-6,8H2,1H3,(H2,14,19,20). The summed E-state index contributed by atoms with van der Waals surface area (Å²) in [6, 6.07) is 1.08. The number of thiophene rings is 1. The summed E-state index contributed by atoms with van der Waals surface area (Å²) < 4.78 is 54.0. The Bertz CT molecular complexity index is 772. The van der Waals surface area contributed by atoms with Crippen molar-refractivity contribution < 1.29 is 26.7 Å². The largest absolute Gasteiger partial charge is 0.396 e. The molecule has 0 saturated carbocycles. The van der Waals surface area contributed by atoms with Gasteiger partial charge in [0.25, 0.3) is 0 Å². The minimum absolute atomic E-state index is 0.00623. The van der Waals surface area contributed by atoms with Crippen molar-refractivity contribution in [2.45, 2.75) is 39.5 Å². The van der Waals surface area contributed by atoms with Crippen molar-refractivity contribution in [1.29, 1.82) is 0 Å². The average Bonchev–Trinajstić information content (AvgIpc) is 2.95. The van der Waals surface area contributed by atoms with Crippen LogP contribution in [0.25, 0.3) is 0 Å². The number of primary sulfonamides is 1. The van der Waals surface area contributed by atoms with Crippen molar-refractivity contribution in [3.63, 3.8) is 0 Å².